The summed E-state index contributed by atoms with van der Waals surface area (Å²) in [6.07, 6.45) is 0. The molecule has 1 atom stereocenters. The van der Waals surface area contributed by atoms with Gasteiger partial charge in [-0.15, -0.1) is 0 Å². The first-order chi connectivity index (χ1) is 9.34. The first kappa shape index (κ1) is 14.6. The van der Waals surface area contributed by atoms with E-state index in [1.807, 2.05) is 30.9 Å². The molecule has 2 rings (SSSR count). The number of oxime groups is 1. The molecule has 0 spiro atoms. The van der Waals surface area contributed by atoms with Crippen LogP contribution in [0, 0.1) is 6.92 Å². The summed E-state index contributed by atoms with van der Waals surface area (Å²) >= 11 is 0. The first-order valence-corrected chi connectivity index (χ1v) is 8.22. The van der Waals surface area contributed by atoms with Gasteiger partial charge >= 0.3 is 0 Å². The number of sulfone groups is 1. The molecule has 1 saturated heterocycles. The van der Waals surface area contributed by atoms with Crippen molar-refractivity contribution >= 4 is 21.4 Å². The molecule has 1 fully saturated rings. The van der Waals surface area contributed by atoms with E-state index >= 15 is 0 Å². The Hall–Kier alpha value is -1.76. The van der Waals surface area contributed by atoms with Crippen molar-refractivity contribution in [2.75, 3.05) is 23.0 Å². The molecule has 0 bridgehead atoms. The molecule has 7 heteroatoms. The summed E-state index contributed by atoms with van der Waals surface area (Å²) in [5.41, 5.74) is 8.17. The van der Waals surface area contributed by atoms with E-state index in [-0.39, 0.29) is 23.4 Å². The first-order valence-electron chi connectivity index (χ1n) is 6.39. The van der Waals surface area contributed by atoms with E-state index in [1.165, 1.54) is 0 Å². The van der Waals surface area contributed by atoms with E-state index in [0.717, 1.165) is 11.3 Å². The number of nitrogens with zero attached hydrogens (tertiary/aromatic N) is 2. The van der Waals surface area contributed by atoms with Crippen LogP contribution in [0.15, 0.2) is 23.4 Å². The largest absolute Gasteiger partial charge is 0.409 e. The molecule has 0 amide bonds. The topological polar surface area (TPSA) is 96.0 Å². The fraction of sp³-hybridized carbons (Fsp3) is 0.462. The maximum atomic E-state index is 11.7. The van der Waals surface area contributed by atoms with Gasteiger partial charge in [0, 0.05) is 23.8 Å². The molecule has 6 nitrogen and oxygen atoms in total. The molecular weight excluding hydrogens is 278 g/mol. The molecule has 20 heavy (non-hydrogen) atoms. The number of benzene rings is 1. The van der Waals surface area contributed by atoms with Gasteiger partial charge in [-0.1, -0.05) is 11.2 Å². The molecule has 1 unspecified atom stereocenters. The molecule has 1 aliphatic rings. The summed E-state index contributed by atoms with van der Waals surface area (Å²) in [5, 5.41) is 11.9. The number of aryl methyl sites for hydroxylation is 1. The zero-order valence-corrected chi connectivity index (χ0v) is 12.4. The molecule has 0 saturated carbocycles. The number of amidine groups is 1. The minimum Gasteiger partial charge on any atom is -0.409 e. The van der Waals surface area contributed by atoms with Gasteiger partial charge in [-0.25, -0.2) is 8.42 Å². The van der Waals surface area contributed by atoms with E-state index in [2.05, 4.69) is 5.16 Å². The van der Waals surface area contributed by atoms with Gasteiger partial charge in [0.25, 0.3) is 0 Å². The van der Waals surface area contributed by atoms with E-state index in [0.29, 0.717) is 12.1 Å². The number of rotatable bonds is 2. The third-order valence-corrected chi connectivity index (χ3v) is 5.31. The van der Waals surface area contributed by atoms with Gasteiger partial charge in [0.05, 0.1) is 11.5 Å². The van der Waals surface area contributed by atoms with Gasteiger partial charge in [-0.05, 0) is 31.5 Å². The lowest BCUT2D eigenvalue weighted by Gasteiger charge is -2.36. The molecule has 0 aliphatic carbocycles. The summed E-state index contributed by atoms with van der Waals surface area (Å²) < 4.78 is 23.3. The summed E-state index contributed by atoms with van der Waals surface area (Å²) in [7, 11) is -2.97. The Labute approximate surface area is 118 Å². The molecule has 0 radical (unpaired) electrons. The molecule has 1 aromatic carbocycles. The van der Waals surface area contributed by atoms with Crippen molar-refractivity contribution in [3.05, 3.63) is 29.3 Å². The molecule has 1 aliphatic heterocycles. The third-order valence-electron chi connectivity index (χ3n) is 3.52. The Bertz CT molecular complexity index is 640. The quantitative estimate of drug-likeness (QED) is 0.363. The number of nitrogens with two attached hydrogens (primary N) is 1. The lowest BCUT2D eigenvalue weighted by Crippen LogP contribution is -2.47. The fourth-order valence-corrected chi connectivity index (χ4v) is 4.06. The van der Waals surface area contributed by atoms with Crippen LogP contribution in [0.2, 0.25) is 0 Å². The second-order valence-corrected chi connectivity index (χ2v) is 7.39. The van der Waals surface area contributed by atoms with Crippen molar-refractivity contribution in [2.45, 2.75) is 19.9 Å². The summed E-state index contributed by atoms with van der Waals surface area (Å²) in [4.78, 5) is 2.00. The van der Waals surface area contributed by atoms with Crippen LogP contribution < -0.4 is 10.6 Å². The lowest BCUT2D eigenvalue weighted by molar-refractivity contribution is 0.318. The van der Waals surface area contributed by atoms with E-state index in [9.17, 15) is 8.42 Å². The lowest BCUT2D eigenvalue weighted by atomic mass is 10.1. The summed E-state index contributed by atoms with van der Waals surface area (Å²) in [5.74, 6) is 0.276. The highest BCUT2D eigenvalue weighted by Crippen LogP contribution is 2.27. The van der Waals surface area contributed by atoms with Gasteiger partial charge in [0.2, 0.25) is 0 Å². The highest BCUT2D eigenvalue weighted by Gasteiger charge is 2.29. The van der Waals surface area contributed by atoms with Gasteiger partial charge in [0.15, 0.2) is 15.7 Å². The van der Waals surface area contributed by atoms with Gasteiger partial charge in [-0.2, -0.15) is 0 Å². The highest BCUT2D eigenvalue weighted by molar-refractivity contribution is 7.91. The smallest absolute Gasteiger partial charge is 0.172 e. The van der Waals surface area contributed by atoms with Crippen molar-refractivity contribution < 1.29 is 13.6 Å². The van der Waals surface area contributed by atoms with Crippen molar-refractivity contribution in [1.82, 2.24) is 0 Å². The second-order valence-electron chi connectivity index (χ2n) is 5.16. The van der Waals surface area contributed by atoms with Crippen LogP contribution in [0.1, 0.15) is 18.1 Å². The van der Waals surface area contributed by atoms with Crippen LogP contribution in [0.4, 0.5) is 5.69 Å². The van der Waals surface area contributed by atoms with Gasteiger partial charge in [0.1, 0.15) is 0 Å². The van der Waals surface area contributed by atoms with Crippen LogP contribution in [0.3, 0.4) is 0 Å². The normalized spacial score (nSPS) is 22.8. The van der Waals surface area contributed by atoms with Crippen LogP contribution in [-0.2, 0) is 9.84 Å². The van der Waals surface area contributed by atoms with E-state index in [4.69, 9.17) is 10.9 Å². The molecular formula is C13H19N3O3S. The van der Waals surface area contributed by atoms with Crippen LogP contribution >= 0.6 is 0 Å². The molecule has 1 heterocycles. The Morgan fingerprint density at radius 3 is 2.80 bits per heavy atom. The zero-order valence-electron chi connectivity index (χ0n) is 11.6. The second kappa shape index (κ2) is 5.32. The maximum Gasteiger partial charge on any atom is 0.172 e. The minimum absolute atomic E-state index is 0.0284. The summed E-state index contributed by atoms with van der Waals surface area (Å²) in [6.45, 7) is 4.23. The highest BCUT2D eigenvalue weighted by atomic mass is 32.2. The molecule has 1 aromatic rings. The van der Waals surface area contributed by atoms with Gasteiger partial charge < -0.3 is 15.8 Å². The van der Waals surface area contributed by atoms with Crippen molar-refractivity contribution in [3.8, 4) is 0 Å². The maximum absolute atomic E-state index is 11.7. The molecule has 0 aromatic heterocycles. The molecule has 3 N–H and O–H groups in total. The minimum atomic E-state index is -2.97. The monoisotopic (exact) mass is 297 g/mol. The Kier molecular flexibility index (Phi) is 3.89. The Morgan fingerprint density at radius 2 is 2.20 bits per heavy atom. The third kappa shape index (κ3) is 2.87. The molecule has 110 valence electrons. The predicted octanol–water partition coefficient (Wildman–Crippen LogP) is 0.713. The SMILES string of the molecule is Cc1ccc(/C(N)=N/O)c(N2CCS(=O)(=O)CC2C)c1. The van der Waals surface area contributed by atoms with Gasteiger partial charge in [-0.3, -0.25) is 0 Å². The number of hydrogen-bond acceptors (Lipinski definition) is 5. The Morgan fingerprint density at radius 1 is 1.50 bits per heavy atom. The number of anilines is 1. The average Bonchev–Trinajstić information content (AvgIpc) is 2.36. The van der Waals surface area contributed by atoms with Crippen LogP contribution in [-0.4, -0.2) is 43.6 Å². The standard InChI is InChI=1S/C13H19N3O3S/c1-9-3-4-11(13(14)15-17)12(7-9)16-5-6-20(18,19)8-10(16)2/h3-4,7,10,17H,5-6,8H2,1-2H3,(H2,14,15). The number of hydrogen-bond donors (Lipinski definition) is 2. The van der Waals surface area contributed by atoms with Crippen LogP contribution in [0.25, 0.3) is 0 Å². The fourth-order valence-electron chi connectivity index (χ4n) is 2.51. The van der Waals surface area contributed by atoms with Crippen molar-refractivity contribution in [2.24, 2.45) is 10.9 Å². The summed E-state index contributed by atoms with van der Waals surface area (Å²) in [6, 6.07) is 5.46. The zero-order chi connectivity index (χ0) is 14.9. The van der Waals surface area contributed by atoms with Crippen molar-refractivity contribution in [3.63, 3.8) is 0 Å². The van der Waals surface area contributed by atoms with E-state index in [1.54, 1.807) is 6.07 Å². The van der Waals surface area contributed by atoms with E-state index < -0.39 is 9.84 Å². The van der Waals surface area contributed by atoms with Crippen molar-refractivity contribution in [1.29, 1.82) is 0 Å². The van der Waals surface area contributed by atoms with Crippen LogP contribution in [0.5, 0.6) is 0 Å². The average molecular weight is 297 g/mol. The predicted molar refractivity (Wildman–Crippen MR) is 79.2 cm³/mol. The Balaban J connectivity index is 2.44.